The Morgan fingerprint density at radius 3 is 3.22 bits per heavy atom. The first-order chi connectivity index (χ1) is 4.43. The Bertz CT molecular complexity index is 179. The highest BCUT2D eigenvalue weighted by Crippen LogP contribution is 1.88. The Morgan fingerprint density at radius 1 is 1.78 bits per heavy atom. The maximum Gasteiger partial charge on any atom is 0.106 e. The minimum Gasteiger partial charge on any atom is -0.399 e. The summed E-state index contributed by atoms with van der Waals surface area (Å²) in [4.78, 5) is 7.41. The van der Waals surface area contributed by atoms with Crippen LogP contribution in [0.3, 0.4) is 0 Å². The SMILES string of the molecule is CON=Cc1ccc[nH]1. The van der Waals surface area contributed by atoms with E-state index in [0.717, 1.165) is 5.69 Å². The van der Waals surface area contributed by atoms with Gasteiger partial charge in [-0.05, 0) is 12.1 Å². The Kier molecular flexibility index (Phi) is 1.90. The van der Waals surface area contributed by atoms with E-state index in [9.17, 15) is 0 Å². The number of aromatic amines is 1. The van der Waals surface area contributed by atoms with E-state index in [1.807, 2.05) is 18.3 Å². The van der Waals surface area contributed by atoms with Gasteiger partial charge < -0.3 is 9.82 Å². The largest absolute Gasteiger partial charge is 0.399 e. The van der Waals surface area contributed by atoms with Crippen LogP contribution < -0.4 is 0 Å². The lowest BCUT2D eigenvalue weighted by atomic mass is 10.5. The molecule has 1 heterocycles. The van der Waals surface area contributed by atoms with Crippen molar-refractivity contribution < 1.29 is 4.84 Å². The molecule has 1 rings (SSSR count). The molecule has 0 amide bonds. The smallest absolute Gasteiger partial charge is 0.106 e. The van der Waals surface area contributed by atoms with E-state index in [4.69, 9.17) is 0 Å². The molecular formula is C6H8N2O. The second-order valence-electron chi connectivity index (χ2n) is 1.54. The first-order valence-electron chi connectivity index (χ1n) is 2.63. The van der Waals surface area contributed by atoms with Crippen LogP contribution in [0.15, 0.2) is 23.5 Å². The molecule has 1 aromatic rings. The highest BCUT2D eigenvalue weighted by molar-refractivity contribution is 5.76. The third-order valence-corrected chi connectivity index (χ3v) is 0.919. The molecule has 0 radical (unpaired) electrons. The molecular weight excluding hydrogens is 116 g/mol. The highest BCUT2D eigenvalue weighted by Gasteiger charge is 1.81. The standard InChI is InChI=1S/C6H8N2O/c1-9-8-5-6-3-2-4-7-6/h2-5,7H,1H3. The van der Waals surface area contributed by atoms with Crippen LogP contribution >= 0.6 is 0 Å². The molecule has 0 aliphatic carbocycles. The molecule has 0 spiro atoms. The van der Waals surface area contributed by atoms with Gasteiger partial charge in [-0.15, -0.1) is 0 Å². The van der Waals surface area contributed by atoms with Gasteiger partial charge in [0, 0.05) is 6.20 Å². The number of aromatic nitrogens is 1. The molecule has 1 N–H and O–H groups in total. The highest BCUT2D eigenvalue weighted by atomic mass is 16.6. The van der Waals surface area contributed by atoms with Crippen molar-refractivity contribution in [1.82, 2.24) is 4.98 Å². The fraction of sp³-hybridized carbons (Fsp3) is 0.167. The van der Waals surface area contributed by atoms with E-state index in [0.29, 0.717) is 0 Å². The van der Waals surface area contributed by atoms with Gasteiger partial charge in [-0.1, -0.05) is 5.16 Å². The van der Waals surface area contributed by atoms with E-state index >= 15 is 0 Å². The number of hydrogen-bond acceptors (Lipinski definition) is 2. The zero-order valence-electron chi connectivity index (χ0n) is 5.16. The van der Waals surface area contributed by atoms with Crippen LogP contribution in [0, 0.1) is 0 Å². The molecule has 0 aromatic carbocycles. The number of oxime groups is 1. The zero-order valence-corrected chi connectivity index (χ0v) is 5.16. The van der Waals surface area contributed by atoms with Gasteiger partial charge in [0.25, 0.3) is 0 Å². The molecule has 3 nitrogen and oxygen atoms in total. The summed E-state index contributed by atoms with van der Waals surface area (Å²) in [5, 5.41) is 3.56. The maximum absolute atomic E-state index is 4.46. The second-order valence-corrected chi connectivity index (χ2v) is 1.54. The Morgan fingerprint density at radius 2 is 2.67 bits per heavy atom. The van der Waals surface area contributed by atoms with Crippen molar-refractivity contribution in [3.63, 3.8) is 0 Å². The third-order valence-electron chi connectivity index (χ3n) is 0.919. The van der Waals surface area contributed by atoms with Gasteiger partial charge in [-0.3, -0.25) is 0 Å². The van der Waals surface area contributed by atoms with Crippen LogP contribution in [0.5, 0.6) is 0 Å². The van der Waals surface area contributed by atoms with Gasteiger partial charge in [0.2, 0.25) is 0 Å². The molecule has 0 aliphatic heterocycles. The molecule has 9 heavy (non-hydrogen) atoms. The average Bonchev–Trinajstić information content (AvgIpc) is 2.34. The van der Waals surface area contributed by atoms with E-state index < -0.39 is 0 Å². The summed E-state index contributed by atoms with van der Waals surface area (Å²) < 4.78 is 0. The lowest BCUT2D eigenvalue weighted by molar-refractivity contribution is 0.215. The van der Waals surface area contributed by atoms with Gasteiger partial charge in [-0.25, -0.2) is 0 Å². The monoisotopic (exact) mass is 124 g/mol. The quantitative estimate of drug-likeness (QED) is 0.463. The Hall–Kier alpha value is -1.25. The zero-order chi connectivity index (χ0) is 6.53. The van der Waals surface area contributed by atoms with Crippen LogP contribution in [-0.2, 0) is 4.84 Å². The van der Waals surface area contributed by atoms with Crippen molar-refractivity contribution in [2.24, 2.45) is 5.16 Å². The molecule has 48 valence electrons. The number of nitrogens with one attached hydrogen (secondary N) is 1. The van der Waals surface area contributed by atoms with Crippen molar-refractivity contribution in [3.8, 4) is 0 Å². The van der Waals surface area contributed by atoms with E-state index in [1.165, 1.54) is 7.11 Å². The fourth-order valence-corrected chi connectivity index (χ4v) is 0.534. The molecule has 0 bridgehead atoms. The van der Waals surface area contributed by atoms with Crippen LogP contribution in [0.1, 0.15) is 5.69 Å². The molecule has 1 aromatic heterocycles. The Labute approximate surface area is 53.3 Å². The van der Waals surface area contributed by atoms with E-state index in [2.05, 4.69) is 15.0 Å². The van der Waals surface area contributed by atoms with E-state index in [1.54, 1.807) is 6.21 Å². The number of nitrogens with zero attached hydrogens (tertiary/aromatic N) is 1. The van der Waals surface area contributed by atoms with E-state index in [-0.39, 0.29) is 0 Å². The van der Waals surface area contributed by atoms with Crippen LogP contribution in [-0.4, -0.2) is 18.3 Å². The summed E-state index contributed by atoms with van der Waals surface area (Å²) in [6.07, 6.45) is 3.44. The van der Waals surface area contributed by atoms with Crippen molar-refractivity contribution in [2.75, 3.05) is 7.11 Å². The summed E-state index contributed by atoms with van der Waals surface area (Å²) in [5.74, 6) is 0. The first kappa shape index (κ1) is 5.88. The molecule has 0 atom stereocenters. The van der Waals surface area contributed by atoms with Gasteiger partial charge >= 0.3 is 0 Å². The summed E-state index contributed by atoms with van der Waals surface area (Å²) in [6.45, 7) is 0. The summed E-state index contributed by atoms with van der Waals surface area (Å²) in [6, 6.07) is 3.81. The molecule has 3 heteroatoms. The fourth-order valence-electron chi connectivity index (χ4n) is 0.534. The number of hydrogen-bond donors (Lipinski definition) is 1. The first-order valence-corrected chi connectivity index (χ1v) is 2.63. The van der Waals surface area contributed by atoms with Gasteiger partial charge in [0.05, 0.1) is 11.9 Å². The van der Waals surface area contributed by atoms with Crippen molar-refractivity contribution >= 4 is 6.21 Å². The predicted molar refractivity (Wildman–Crippen MR) is 35.4 cm³/mol. The van der Waals surface area contributed by atoms with Gasteiger partial charge in [0.15, 0.2) is 0 Å². The normalized spacial score (nSPS) is 10.3. The minimum atomic E-state index is 0.942. The van der Waals surface area contributed by atoms with Gasteiger partial charge in [0.1, 0.15) is 7.11 Å². The number of rotatable bonds is 2. The van der Waals surface area contributed by atoms with Crippen molar-refractivity contribution in [3.05, 3.63) is 24.0 Å². The minimum absolute atomic E-state index is 0.942. The van der Waals surface area contributed by atoms with Gasteiger partial charge in [-0.2, -0.15) is 0 Å². The number of H-pyrrole nitrogens is 1. The third kappa shape index (κ3) is 1.60. The molecule has 0 unspecified atom stereocenters. The average molecular weight is 124 g/mol. The lowest BCUT2D eigenvalue weighted by Crippen LogP contribution is -1.78. The second kappa shape index (κ2) is 2.91. The topological polar surface area (TPSA) is 37.4 Å². The van der Waals surface area contributed by atoms with Crippen LogP contribution in [0.25, 0.3) is 0 Å². The van der Waals surface area contributed by atoms with Crippen molar-refractivity contribution in [2.45, 2.75) is 0 Å². The Balaban J connectivity index is 2.57. The molecule has 0 saturated heterocycles. The van der Waals surface area contributed by atoms with Crippen molar-refractivity contribution in [1.29, 1.82) is 0 Å². The molecule has 0 aliphatic rings. The van der Waals surface area contributed by atoms with Crippen LogP contribution in [0.4, 0.5) is 0 Å². The predicted octanol–water partition coefficient (Wildman–Crippen LogP) is 0.995. The summed E-state index contributed by atoms with van der Waals surface area (Å²) in [7, 11) is 1.51. The maximum atomic E-state index is 4.46. The molecule has 0 saturated carbocycles. The summed E-state index contributed by atoms with van der Waals surface area (Å²) in [5.41, 5.74) is 0.942. The lowest BCUT2D eigenvalue weighted by Gasteiger charge is -1.82. The van der Waals surface area contributed by atoms with Crippen LogP contribution in [0.2, 0.25) is 0 Å². The molecule has 0 fully saturated rings. The summed E-state index contributed by atoms with van der Waals surface area (Å²) >= 11 is 0.